The quantitative estimate of drug-likeness (QED) is 0.392. The standard InChI is InChI=1S/C23H19N3O4/c1-29-18-10-9-17-12-19(15-6-4-3-5-7-15)21(26(17)14-18)22(27)23(28)25-16-8-11-20(30-2)24-13-16/h3-14H,1-2H3,(H,25,28). The predicted octanol–water partition coefficient (Wildman–Crippen LogP) is 3.84. The number of methoxy groups -OCH3 is 2. The minimum atomic E-state index is -0.762. The molecule has 3 aromatic heterocycles. The van der Waals surface area contributed by atoms with Crippen LogP contribution in [0.1, 0.15) is 10.5 Å². The number of carbonyl (C=O) groups excluding carboxylic acids is 2. The fourth-order valence-electron chi connectivity index (χ4n) is 3.21. The van der Waals surface area contributed by atoms with E-state index in [0.29, 0.717) is 22.9 Å². The van der Waals surface area contributed by atoms with Gasteiger partial charge in [-0.3, -0.25) is 9.59 Å². The number of pyridine rings is 2. The van der Waals surface area contributed by atoms with Crippen LogP contribution in [0, 0.1) is 0 Å². The number of Topliss-reactive ketones (excluding diaryl/α,β-unsaturated/α-hetero) is 1. The number of anilines is 1. The molecule has 7 heteroatoms. The number of fused-ring (bicyclic) bond motifs is 1. The van der Waals surface area contributed by atoms with E-state index in [1.807, 2.05) is 48.5 Å². The number of rotatable bonds is 6. The molecule has 4 aromatic rings. The van der Waals surface area contributed by atoms with E-state index < -0.39 is 11.7 Å². The smallest absolute Gasteiger partial charge is 0.298 e. The molecule has 0 aliphatic rings. The average molecular weight is 401 g/mol. The van der Waals surface area contributed by atoms with E-state index in [4.69, 9.17) is 9.47 Å². The average Bonchev–Trinajstić information content (AvgIpc) is 3.18. The van der Waals surface area contributed by atoms with Gasteiger partial charge in [0.2, 0.25) is 5.88 Å². The molecule has 0 saturated heterocycles. The Kier molecular flexibility index (Phi) is 5.17. The molecule has 0 bridgehead atoms. The Morgan fingerprint density at radius 2 is 1.77 bits per heavy atom. The molecule has 0 atom stereocenters. The lowest BCUT2D eigenvalue weighted by Gasteiger charge is -2.09. The largest absolute Gasteiger partial charge is 0.495 e. The van der Waals surface area contributed by atoms with Crippen molar-refractivity contribution in [3.8, 4) is 22.8 Å². The number of nitrogens with one attached hydrogen (secondary N) is 1. The fourth-order valence-corrected chi connectivity index (χ4v) is 3.21. The van der Waals surface area contributed by atoms with Crippen LogP contribution in [0.2, 0.25) is 0 Å². The molecule has 0 saturated carbocycles. The molecule has 0 aliphatic heterocycles. The highest BCUT2D eigenvalue weighted by atomic mass is 16.5. The lowest BCUT2D eigenvalue weighted by Crippen LogP contribution is -2.24. The molecule has 1 aromatic carbocycles. The van der Waals surface area contributed by atoms with Gasteiger partial charge in [-0.15, -0.1) is 0 Å². The normalized spacial score (nSPS) is 10.6. The number of amides is 1. The summed E-state index contributed by atoms with van der Waals surface area (Å²) in [6, 6.07) is 18.2. The molecule has 3 heterocycles. The second-order valence-corrected chi connectivity index (χ2v) is 6.51. The highest BCUT2D eigenvalue weighted by Crippen LogP contribution is 2.30. The summed E-state index contributed by atoms with van der Waals surface area (Å²) < 4.78 is 12.0. The zero-order chi connectivity index (χ0) is 21.1. The van der Waals surface area contributed by atoms with Crippen LogP contribution in [-0.4, -0.2) is 35.3 Å². The summed E-state index contributed by atoms with van der Waals surface area (Å²) >= 11 is 0. The summed E-state index contributed by atoms with van der Waals surface area (Å²) in [4.78, 5) is 30.0. The zero-order valence-electron chi connectivity index (χ0n) is 16.5. The monoisotopic (exact) mass is 401 g/mol. The van der Waals surface area contributed by atoms with Gasteiger partial charge in [0, 0.05) is 17.1 Å². The zero-order valence-corrected chi connectivity index (χ0v) is 16.5. The molecule has 30 heavy (non-hydrogen) atoms. The number of ketones is 1. The summed E-state index contributed by atoms with van der Waals surface area (Å²) in [5.41, 5.74) is 2.93. The Hall–Kier alpha value is -4.13. The molecule has 1 amide bonds. The summed E-state index contributed by atoms with van der Waals surface area (Å²) in [6.45, 7) is 0. The van der Waals surface area contributed by atoms with Crippen molar-refractivity contribution in [1.82, 2.24) is 9.38 Å². The number of nitrogens with zero attached hydrogens (tertiary/aromatic N) is 2. The van der Waals surface area contributed by atoms with E-state index in [0.717, 1.165) is 11.1 Å². The maximum Gasteiger partial charge on any atom is 0.298 e. The van der Waals surface area contributed by atoms with E-state index in [1.54, 1.807) is 29.8 Å². The van der Waals surface area contributed by atoms with Crippen LogP contribution in [0.15, 0.2) is 73.1 Å². The molecular formula is C23H19N3O4. The van der Waals surface area contributed by atoms with E-state index in [9.17, 15) is 9.59 Å². The Morgan fingerprint density at radius 1 is 0.967 bits per heavy atom. The maximum atomic E-state index is 13.2. The van der Waals surface area contributed by atoms with Crippen molar-refractivity contribution < 1.29 is 19.1 Å². The van der Waals surface area contributed by atoms with Crippen molar-refractivity contribution in [3.63, 3.8) is 0 Å². The number of aromatic nitrogens is 2. The van der Waals surface area contributed by atoms with Crippen LogP contribution in [-0.2, 0) is 4.79 Å². The number of hydrogen-bond donors (Lipinski definition) is 1. The fraction of sp³-hybridized carbons (Fsp3) is 0.0870. The summed E-state index contributed by atoms with van der Waals surface area (Å²) in [5, 5.41) is 2.60. The Bertz CT molecular complexity index is 1210. The van der Waals surface area contributed by atoms with E-state index in [1.165, 1.54) is 13.3 Å². The van der Waals surface area contributed by atoms with Crippen LogP contribution in [0.25, 0.3) is 16.6 Å². The topological polar surface area (TPSA) is 81.9 Å². The van der Waals surface area contributed by atoms with Crippen molar-refractivity contribution >= 4 is 22.9 Å². The minimum Gasteiger partial charge on any atom is -0.495 e. The summed E-state index contributed by atoms with van der Waals surface area (Å²) in [6.07, 6.45) is 3.12. The van der Waals surface area contributed by atoms with E-state index in [2.05, 4.69) is 10.3 Å². The molecule has 0 aliphatic carbocycles. The van der Waals surface area contributed by atoms with Gasteiger partial charge in [0.25, 0.3) is 11.7 Å². The highest BCUT2D eigenvalue weighted by Gasteiger charge is 2.25. The van der Waals surface area contributed by atoms with Crippen LogP contribution in [0.3, 0.4) is 0 Å². The minimum absolute atomic E-state index is 0.258. The van der Waals surface area contributed by atoms with Crippen molar-refractivity contribution in [1.29, 1.82) is 0 Å². The van der Waals surface area contributed by atoms with Gasteiger partial charge >= 0.3 is 0 Å². The van der Waals surface area contributed by atoms with Gasteiger partial charge in [0.1, 0.15) is 11.4 Å². The molecule has 150 valence electrons. The Morgan fingerprint density at radius 3 is 2.43 bits per heavy atom. The third-order valence-corrected chi connectivity index (χ3v) is 4.69. The molecule has 0 unspecified atom stereocenters. The maximum absolute atomic E-state index is 13.2. The molecular weight excluding hydrogens is 382 g/mol. The van der Waals surface area contributed by atoms with Crippen molar-refractivity contribution in [3.05, 3.63) is 78.8 Å². The Labute approximate surface area is 172 Å². The van der Waals surface area contributed by atoms with Gasteiger partial charge in [-0.05, 0) is 29.8 Å². The first-order valence-electron chi connectivity index (χ1n) is 9.21. The first-order chi connectivity index (χ1) is 14.6. The van der Waals surface area contributed by atoms with E-state index in [-0.39, 0.29) is 5.69 Å². The summed E-state index contributed by atoms with van der Waals surface area (Å²) in [7, 11) is 3.05. The number of hydrogen-bond acceptors (Lipinski definition) is 5. The van der Waals surface area contributed by atoms with Gasteiger partial charge in [-0.25, -0.2) is 4.98 Å². The predicted molar refractivity (Wildman–Crippen MR) is 113 cm³/mol. The van der Waals surface area contributed by atoms with Crippen LogP contribution in [0.5, 0.6) is 11.6 Å². The lowest BCUT2D eigenvalue weighted by atomic mass is 10.0. The van der Waals surface area contributed by atoms with Gasteiger partial charge in [-0.1, -0.05) is 30.3 Å². The molecule has 4 rings (SSSR count). The molecule has 0 fully saturated rings. The first-order valence-corrected chi connectivity index (χ1v) is 9.21. The third kappa shape index (κ3) is 3.60. The molecule has 1 N–H and O–H groups in total. The highest BCUT2D eigenvalue weighted by molar-refractivity contribution is 6.47. The van der Waals surface area contributed by atoms with Crippen molar-refractivity contribution in [2.45, 2.75) is 0 Å². The summed E-state index contributed by atoms with van der Waals surface area (Å²) in [5.74, 6) is -0.443. The van der Waals surface area contributed by atoms with Crippen LogP contribution in [0.4, 0.5) is 5.69 Å². The van der Waals surface area contributed by atoms with Gasteiger partial charge < -0.3 is 19.2 Å². The van der Waals surface area contributed by atoms with Gasteiger partial charge in [0.15, 0.2) is 0 Å². The number of carbonyl (C=O) groups is 2. The second-order valence-electron chi connectivity index (χ2n) is 6.51. The molecule has 0 radical (unpaired) electrons. The van der Waals surface area contributed by atoms with Crippen molar-refractivity contribution in [2.24, 2.45) is 0 Å². The molecule has 0 spiro atoms. The number of ether oxygens (including phenoxy) is 2. The van der Waals surface area contributed by atoms with Gasteiger partial charge in [-0.2, -0.15) is 0 Å². The SMILES string of the molecule is COc1ccc2cc(-c3ccccc3)c(C(=O)C(=O)Nc3ccc(OC)nc3)n2c1. The first kappa shape index (κ1) is 19.2. The van der Waals surface area contributed by atoms with E-state index >= 15 is 0 Å². The van der Waals surface area contributed by atoms with Crippen LogP contribution >= 0.6 is 0 Å². The van der Waals surface area contributed by atoms with Gasteiger partial charge in [0.05, 0.1) is 32.3 Å². The second kappa shape index (κ2) is 8.08. The number of benzene rings is 1. The van der Waals surface area contributed by atoms with Crippen LogP contribution < -0.4 is 14.8 Å². The van der Waals surface area contributed by atoms with Crippen molar-refractivity contribution in [2.75, 3.05) is 19.5 Å². The Balaban J connectivity index is 1.76. The lowest BCUT2D eigenvalue weighted by molar-refractivity contribution is -0.112. The molecule has 7 nitrogen and oxygen atoms in total. The third-order valence-electron chi connectivity index (χ3n) is 4.69.